The topological polar surface area (TPSA) is 53.4 Å². The van der Waals surface area contributed by atoms with Crippen LogP contribution in [0.3, 0.4) is 0 Å². The van der Waals surface area contributed by atoms with E-state index in [-0.39, 0.29) is 20.1 Å². The summed E-state index contributed by atoms with van der Waals surface area (Å²) in [4.78, 5) is 4.72. The van der Waals surface area contributed by atoms with Gasteiger partial charge in [-0.05, 0) is 0 Å². The maximum atomic E-state index is 7.00. The number of aliphatic hydroxyl groups excluding tert-OH is 2. The smallest absolute Gasteiger partial charge is 0.0319 e. The molecule has 0 fully saturated rings. The van der Waals surface area contributed by atoms with Gasteiger partial charge in [0.25, 0.3) is 0 Å². The number of pyridine rings is 1. The minimum absolute atomic E-state index is 0. The van der Waals surface area contributed by atoms with Gasteiger partial charge < -0.3 is 10.2 Å². The first kappa shape index (κ1) is 27.7. The van der Waals surface area contributed by atoms with Crippen molar-refractivity contribution in [1.29, 1.82) is 0 Å². The van der Waals surface area contributed by atoms with Crippen LogP contribution in [0.5, 0.6) is 0 Å². The monoisotopic (exact) mass is 599 g/mol. The molecule has 0 aliphatic carbocycles. The Kier molecular flexibility index (Phi) is 13.6. The number of aliphatic hydroxyl groups is 2. The number of hydrogen-bond acceptors (Lipinski definition) is 3. The van der Waals surface area contributed by atoms with E-state index in [4.69, 9.17) is 15.2 Å². The molecule has 0 saturated carbocycles. The van der Waals surface area contributed by atoms with Crippen LogP contribution < -0.4 is 4.40 Å². The molecule has 0 amide bonds. The van der Waals surface area contributed by atoms with Crippen molar-refractivity contribution >= 4 is 17.7 Å². The molecule has 0 atom stereocenters. The van der Waals surface area contributed by atoms with Crippen LogP contribution in [0.2, 0.25) is 17.3 Å². The third-order valence-corrected chi connectivity index (χ3v) is 7.84. The molecule has 2 rings (SSSR count). The van der Waals surface area contributed by atoms with E-state index in [1.54, 1.807) is 0 Å². The normalized spacial score (nSPS) is 10.5. The van der Waals surface area contributed by atoms with Gasteiger partial charge >= 0.3 is 132 Å². The largest absolute Gasteiger partial charge is 0.400 e. The van der Waals surface area contributed by atoms with E-state index in [1.807, 2.05) is 18.2 Å². The van der Waals surface area contributed by atoms with Crippen molar-refractivity contribution in [3.05, 3.63) is 48.2 Å². The molecule has 0 aliphatic rings. The molecular weight excluding hydrogens is 563 g/mol. The molecule has 2 aromatic rings. The summed E-state index contributed by atoms with van der Waals surface area (Å²) in [6.07, 6.45) is 3.24. The molecule has 0 saturated heterocycles. The molecule has 1 radical (unpaired) electrons. The Labute approximate surface area is 176 Å². The van der Waals surface area contributed by atoms with E-state index >= 15 is 0 Å². The molecule has 1 heterocycles. The van der Waals surface area contributed by atoms with Gasteiger partial charge in [0.05, 0.1) is 0 Å². The van der Waals surface area contributed by atoms with Crippen LogP contribution in [0, 0.1) is 11.5 Å². The van der Waals surface area contributed by atoms with Crippen LogP contribution in [0.1, 0.15) is 26.3 Å². The second kappa shape index (κ2) is 12.8. The second-order valence-electron chi connectivity index (χ2n) is 7.99. The molecule has 0 aliphatic heterocycles. The molecule has 0 spiro atoms. The number of nitrogens with zero attached hydrogens (tertiary/aromatic N) is 1. The third kappa shape index (κ3) is 9.43. The summed E-state index contributed by atoms with van der Waals surface area (Å²) in [5, 5.41) is 14.0. The van der Waals surface area contributed by atoms with E-state index in [0.29, 0.717) is 5.41 Å². The van der Waals surface area contributed by atoms with Crippen molar-refractivity contribution in [3.63, 3.8) is 0 Å². The average Bonchev–Trinajstić information content (AvgIpc) is 2.57. The molecule has 3 nitrogen and oxygen atoms in total. The fraction of sp³-hybridized carbons (Fsp3) is 0.476. The molecule has 0 unspecified atom stereocenters. The average molecular weight is 597 g/mol. The molecule has 149 valence electrons. The van der Waals surface area contributed by atoms with E-state index in [9.17, 15) is 0 Å². The fourth-order valence-electron chi connectivity index (χ4n) is 2.59. The van der Waals surface area contributed by atoms with Gasteiger partial charge in [-0.15, -0.1) is 0 Å². The van der Waals surface area contributed by atoms with Crippen molar-refractivity contribution in [2.45, 2.75) is 44.5 Å². The summed E-state index contributed by atoms with van der Waals surface area (Å²) < 4.78 is 1.53. The number of hydrogen-bond donors (Lipinski definition) is 2. The molecule has 0 bridgehead atoms. The van der Waals surface area contributed by atoms with Gasteiger partial charge in [-0.1, -0.05) is 0 Å². The Morgan fingerprint density at radius 2 is 1.62 bits per heavy atom. The summed E-state index contributed by atoms with van der Waals surface area (Å²) >= 11 is -1.90. The van der Waals surface area contributed by atoms with Gasteiger partial charge in [-0.3, -0.25) is 0 Å². The SMILES string of the molecule is CC(C)(C)Cc1cc(-c2[c-]cccc2)nc[c]1[Ge]([CH3])([CH3])[CH3].CO.CO.[Ir]. The first-order chi connectivity index (χ1) is 11.7. The fourth-order valence-corrected chi connectivity index (χ4v) is 5.90. The van der Waals surface area contributed by atoms with Crippen LogP contribution in [0.4, 0.5) is 0 Å². The minimum atomic E-state index is -1.90. The minimum Gasteiger partial charge on any atom is -0.400 e. The Bertz CT molecular complexity index is 620. The summed E-state index contributed by atoms with van der Waals surface area (Å²) in [5.41, 5.74) is 3.91. The van der Waals surface area contributed by atoms with Crippen molar-refractivity contribution in [2.24, 2.45) is 5.41 Å². The number of benzene rings is 1. The number of aromatic nitrogens is 1. The zero-order valence-electron chi connectivity index (χ0n) is 17.3. The van der Waals surface area contributed by atoms with Gasteiger partial charge in [0, 0.05) is 34.3 Å². The molecule has 1 aromatic carbocycles. The maximum absolute atomic E-state index is 7.00. The molecule has 5 heteroatoms. The first-order valence-corrected chi connectivity index (χ1v) is 15.9. The Morgan fingerprint density at radius 1 is 1.04 bits per heavy atom. The van der Waals surface area contributed by atoms with Crippen molar-refractivity contribution < 1.29 is 30.3 Å². The molecule has 1 aromatic heterocycles. The standard InChI is InChI=1S/C19H26GeN.2CH4O.Ir/c1-19(2,3)13-16-12-18(15-10-8-7-9-11-15)21-14-17(16)20(4,5)6;2*1-2;/h7-10,12,14H,13H2,1-6H3;2*2H,1H3;/q-1;;;. The van der Waals surface area contributed by atoms with Crippen LogP contribution in [0.25, 0.3) is 11.3 Å². The Balaban J connectivity index is 0. The van der Waals surface area contributed by atoms with Crippen LogP contribution in [0.15, 0.2) is 36.5 Å². The summed E-state index contributed by atoms with van der Waals surface area (Å²) in [7, 11) is 2.00. The van der Waals surface area contributed by atoms with Crippen molar-refractivity contribution in [1.82, 2.24) is 4.98 Å². The van der Waals surface area contributed by atoms with Gasteiger partial charge in [-0.25, -0.2) is 0 Å². The second-order valence-corrected chi connectivity index (χ2v) is 18.6. The van der Waals surface area contributed by atoms with Crippen LogP contribution in [-0.2, 0) is 26.5 Å². The summed E-state index contributed by atoms with van der Waals surface area (Å²) in [6.45, 7) is 6.92. The summed E-state index contributed by atoms with van der Waals surface area (Å²) in [5.74, 6) is 7.33. The quantitative estimate of drug-likeness (QED) is 0.417. The van der Waals surface area contributed by atoms with Gasteiger partial charge in [0.1, 0.15) is 0 Å². The van der Waals surface area contributed by atoms with Gasteiger partial charge in [-0.2, -0.15) is 0 Å². The molecule has 2 N–H and O–H groups in total. The molecular formula is C21H34GeIrNO2-. The predicted molar refractivity (Wildman–Crippen MR) is 111 cm³/mol. The van der Waals surface area contributed by atoms with Crippen LogP contribution in [-0.4, -0.2) is 42.7 Å². The first-order valence-electron chi connectivity index (χ1n) is 8.53. The summed E-state index contributed by atoms with van der Waals surface area (Å²) in [6, 6.07) is 13.7. The van der Waals surface area contributed by atoms with Gasteiger partial charge in [0.15, 0.2) is 0 Å². The maximum Gasteiger partial charge on any atom is 0.0319 e. The Hall–Kier alpha value is -0.518. The number of rotatable bonds is 3. The van der Waals surface area contributed by atoms with Gasteiger partial charge in [0.2, 0.25) is 0 Å². The van der Waals surface area contributed by atoms with E-state index < -0.39 is 13.3 Å². The van der Waals surface area contributed by atoms with Crippen LogP contribution >= 0.6 is 0 Å². The van der Waals surface area contributed by atoms with E-state index in [0.717, 1.165) is 31.9 Å². The van der Waals surface area contributed by atoms with E-state index in [2.05, 4.69) is 62.4 Å². The zero-order chi connectivity index (χ0) is 19.7. The zero-order valence-corrected chi connectivity index (χ0v) is 21.8. The Morgan fingerprint density at radius 3 is 2.04 bits per heavy atom. The van der Waals surface area contributed by atoms with Crippen molar-refractivity contribution in [3.8, 4) is 11.3 Å². The third-order valence-electron chi connectivity index (χ3n) is 3.50. The van der Waals surface area contributed by atoms with E-state index in [1.165, 1.54) is 9.96 Å². The van der Waals surface area contributed by atoms with Crippen molar-refractivity contribution in [2.75, 3.05) is 14.2 Å². The molecule has 26 heavy (non-hydrogen) atoms. The predicted octanol–water partition coefficient (Wildman–Crippen LogP) is 3.90.